The lowest BCUT2D eigenvalue weighted by atomic mass is 10.1. The van der Waals surface area contributed by atoms with Crippen molar-refractivity contribution in [3.63, 3.8) is 0 Å². The SMILES string of the molecule is COc1ccc(CP(=O)(O)OP(=O)(O)OC[C@H]2O[C@@H](N3C=CC4N=C(c5ccc(Br)cc5)CN4C3=O)[C@@H](O)C2O)cc1. The lowest BCUT2D eigenvalue weighted by Crippen LogP contribution is -2.53. The van der Waals surface area contributed by atoms with Crippen LogP contribution >= 0.6 is 31.3 Å². The van der Waals surface area contributed by atoms with Crippen molar-refractivity contribution < 1.29 is 52.2 Å². The number of hydrogen-bond acceptors (Lipinski definition) is 10. The van der Waals surface area contributed by atoms with Crippen LogP contribution in [0.5, 0.6) is 5.75 Å². The number of rotatable bonds is 10. The van der Waals surface area contributed by atoms with Crippen molar-refractivity contribution in [3.05, 3.63) is 76.4 Å². The number of ether oxygens (including phenoxy) is 2. The molecule has 17 heteroatoms. The average molecular weight is 688 g/mol. The predicted octanol–water partition coefficient (Wildman–Crippen LogP) is 2.80. The third-order valence-corrected chi connectivity index (χ3v) is 10.4. The molecule has 5 rings (SSSR count). The van der Waals surface area contributed by atoms with Gasteiger partial charge in [-0.05, 0) is 41.5 Å². The first-order valence-electron chi connectivity index (χ1n) is 12.6. The fourth-order valence-corrected chi connectivity index (χ4v) is 7.66. The second-order valence-corrected chi connectivity index (χ2v) is 14.0. The Labute approximate surface area is 249 Å². The second-order valence-electron chi connectivity index (χ2n) is 9.69. The standard InChI is InChI=1S/C25H28BrN3O11P2/c1-37-18-8-2-15(3-9-18)14-41(33,34)40-42(35,36)38-13-20-22(30)23(31)24(39-20)28-11-10-21-27-19(12-29(21)25(28)32)16-4-6-17(26)7-5-16/h2-11,20-24,30-31H,12-14H2,1H3,(H,33,34)(H,35,36)/t20-,21?,22?,23+,24-/m1/s1. The van der Waals surface area contributed by atoms with Crippen LogP contribution in [0.3, 0.4) is 0 Å². The third-order valence-electron chi connectivity index (χ3n) is 6.78. The van der Waals surface area contributed by atoms with E-state index in [4.69, 9.17) is 14.0 Å². The first kappa shape index (κ1) is 31.0. The number of aliphatic hydroxyl groups excluding tert-OH is 2. The molecule has 2 aromatic rings. The number of aliphatic hydroxyl groups is 2. The van der Waals surface area contributed by atoms with Crippen LogP contribution in [0, 0.1) is 0 Å². The van der Waals surface area contributed by atoms with Gasteiger partial charge in [0.2, 0.25) is 0 Å². The summed E-state index contributed by atoms with van der Waals surface area (Å²) in [6.45, 7) is -0.591. The first-order chi connectivity index (χ1) is 19.9. The maximum absolute atomic E-state index is 13.3. The monoisotopic (exact) mass is 687 g/mol. The molecule has 3 heterocycles. The van der Waals surface area contributed by atoms with Gasteiger partial charge in [-0.2, -0.15) is 0 Å². The number of methoxy groups -OCH3 is 1. The van der Waals surface area contributed by atoms with Gasteiger partial charge in [0, 0.05) is 10.7 Å². The van der Waals surface area contributed by atoms with Crippen LogP contribution in [-0.4, -0.2) is 92.5 Å². The fourth-order valence-electron chi connectivity index (χ4n) is 4.68. The number of urea groups is 1. The van der Waals surface area contributed by atoms with Crippen molar-refractivity contribution >= 4 is 43.1 Å². The van der Waals surface area contributed by atoms with Gasteiger partial charge in [0.1, 0.15) is 30.2 Å². The molecule has 1 saturated heterocycles. The van der Waals surface area contributed by atoms with E-state index in [1.807, 2.05) is 24.3 Å². The number of hydrogen-bond donors (Lipinski definition) is 4. The highest BCUT2D eigenvalue weighted by Gasteiger charge is 2.50. The number of fused-ring (bicyclic) bond motifs is 1. The number of carbonyl (C=O) groups excluding carboxylic acids is 1. The van der Waals surface area contributed by atoms with E-state index in [1.54, 1.807) is 18.2 Å². The van der Waals surface area contributed by atoms with E-state index in [0.29, 0.717) is 17.0 Å². The van der Waals surface area contributed by atoms with Crippen LogP contribution < -0.4 is 4.74 Å². The average Bonchev–Trinajstić information content (AvgIpc) is 3.50. The maximum atomic E-state index is 13.3. The van der Waals surface area contributed by atoms with Crippen LogP contribution in [0.15, 0.2) is 70.3 Å². The fraction of sp³-hybridized carbons (Fsp3) is 0.360. The van der Waals surface area contributed by atoms with E-state index < -0.39 is 64.9 Å². The number of amides is 2. The molecular formula is C25H28BrN3O11P2. The molecule has 2 amide bonds. The van der Waals surface area contributed by atoms with E-state index in [0.717, 1.165) is 14.9 Å². The van der Waals surface area contributed by atoms with Gasteiger partial charge in [-0.3, -0.25) is 23.9 Å². The van der Waals surface area contributed by atoms with Crippen LogP contribution in [0.1, 0.15) is 11.1 Å². The van der Waals surface area contributed by atoms with Crippen molar-refractivity contribution in [2.24, 2.45) is 4.99 Å². The highest BCUT2D eigenvalue weighted by atomic mass is 79.9. The molecule has 1 fully saturated rings. The number of nitrogens with zero attached hydrogens (tertiary/aromatic N) is 3. The molecule has 4 N–H and O–H groups in total. The summed E-state index contributed by atoms with van der Waals surface area (Å²) in [4.78, 5) is 40.6. The van der Waals surface area contributed by atoms with Gasteiger partial charge in [0.15, 0.2) is 6.23 Å². The zero-order valence-electron chi connectivity index (χ0n) is 22.0. The summed E-state index contributed by atoms with van der Waals surface area (Å²) in [6, 6.07) is 13.0. The van der Waals surface area contributed by atoms with Crippen LogP contribution in [0.4, 0.5) is 4.79 Å². The van der Waals surface area contributed by atoms with Gasteiger partial charge in [-0.25, -0.2) is 13.7 Å². The van der Waals surface area contributed by atoms with E-state index in [1.165, 1.54) is 30.3 Å². The Bertz CT molecular complexity index is 1470. The van der Waals surface area contributed by atoms with Crippen molar-refractivity contribution in [2.45, 2.75) is 36.9 Å². The van der Waals surface area contributed by atoms with Crippen molar-refractivity contribution in [1.29, 1.82) is 0 Å². The normalized spacial score (nSPS) is 28.3. The number of carbonyl (C=O) groups is 1. The third kappa shape index (κ3) is 6.87. The number of halogens is 1. The molecule has 0 aliphatic carbocycles. The minimum atomic E-state index is -5.11. The Morgan fingerprint density at radius 1 is 1.07 bits per heavy atom. The van der Waals surface area contributed by atoms with Gasteiger partial charge in [0.05, 0.1) is 32.1 Å². The van der Waals surface area contributed by atoms with E-state index in [9.17, 15) is 33.9 Å². The number of aliphatic imine (C=N–C) groups is 1. The zero-order valence-corrected chi connectivity index (χ0v) is 25.4. The quantitative estimate of drug-likeness (QED) is 0.269. The van der Waals surface area contributed by atoms with E-state index in [2.05, 4.69) is 25.2 Å². The zero-order chi connectivity index (χ0) is 30.2. The van der Waals surface area contributed by atoms with Crippen LogP contribution in [0.25, 0.3) is 0 Å². The topological polar surface area (TPSA) is 188 Å². The minimum Gasteiger partial charge on any atom is -0.497 e. The van der Waals surface area contributed by atoms with Crippen molar-refractivity contribution in [2.75, 3.05) is 20.3 Å². The molecule has 4 unspecified atom stereocenters. The Kier molecular flexibility index (Phi) is 9.08. The molecular weight excluding hydrogens is 660 g/mol. The summed E-state index contributed by atoms with van der Waals surface area (Å²) in [6.07, 6.45) is -4.06. The molecule has 0 aromatic heterocycles. The highest BCUT2D eigenvalue weighted by Crippen LogP contribution is 2.61. The van der Waals surface area contributed by atoms with Crippen molar-refractivity contribution in [1.82, 2.24) is 9.80 Å². The summed E-state index contributed by atoms with van der Waals surface area (Å²) in [7, 11) is -8.30. The van der Waals surface area contributed by atoms with Gasteiger partial charge in [-0.1, -0.05) is 40.2 Å². The lowest BCUT2D eigenvalue weighted by molar-refractivity contribution is -0.0697. The molecule has 7 atom stereocenters. The van der Waals surface area contributed by atoms with E-state index in [-0.39, 0.29) is 6.54 Å². The number of phosphoric acid groups is 1. The molecule has 3 aliphatic heterocycles. The smallest absolute Gasteiger partial charge is 0.479 e. The van der Waals surface area contributed by atoms with Crippen LogP contribution in [0.2, 0.25) is 0 Å². The number of benzene rings is 2. The van der Waals surface area contributed by atoms with Gasteiger partial charge in [0.25, 0.3) is 0 Å². The summed E-state index contributed by atoms with van der Waals surface area (Å²) in [5, 5.41) is 21.2. The van der Waals surface area contributed by atoms with E-state index >= 15 is 0 Å². The molecule has 2 aromatic carbocycles. The Hall–Kier alpha value is -2.42. The Balaban J connectivity index is 1.17. The van der Waals surface area contributed by atoms with Crippen molar-refractivity contribution in [3.8, 4) is 5.75 Å². The molecule has 226 valence electrons. The number of phosphoric ester groups is 1. The highest BCUT2D eigenvalue weighted by molar-refractivity contribution is 9.10. The molecule has 0 bridgehead atoms. The van der Waals surface area contributed by atoms with Gasteiger partial charge >= 0.3 is 21.4 Å². The minimum absolute atomic E-state index is 0.201. The molecule has 3 aliphatic rings. The lowest BCUT2D eigenvalue weighted by Gasteiger charge is -2.35. The van der Waals surface area contributed by atoms with Gasteiger partial charge in [-0.15, -0.1) is 0 Å². The Morgan fingerprint density at radius 2 is 1.76 bits per heavy atom. The summed E-state index contributed by atoms with van der Waals surface area (Å²) >= 11 is 3.38. The second kappa shape index (κ2) is 12.3. The van der Waals surface area contributed by atoms with Crippen LogP contribution in [-0.2, 0) is 28.9 Å². The summed E-state index contributed by atoms with van der Waals surface area (Å²) < 4.78 is 45.9. The molecule has 14 nitrogen and oxygen atoms in total. The largest absolute Gasteiger partial charge is 0.497 e. The van der Waals surface area contributed by atoms with Gasteiger partial charge < -0.3 is 29.5 Å². The molecule has 42 heavy (non-hydrogen) atoms. The molecule has 0 spiro atoms. The molecule has 0 saturated carbocycles. The Morgan fingerprint density at radius 3 is 2.43 bits per heavy atom. The summed E-state index contributed by atoms with van der Waals surface area (Å²) in [5.41, 5.74) is 1.88. The maximum Gasteiger partial charge on any atom is 0.479 e. The first-order valence-corrected chi connectivity index (χ1v) is 16.7. The predicted molar refractivity (Wildman–Crippen MR) is 152 cm³/mol. The summed E-state index contributed by atoms with van der Waals surface area (Å²) in [5.74, 6) is 0.514. The molecule has 0 radical (unpaired) electrons.